The van der Waals surface area contributed by atoms with Crippen molar-refractivity contribution in [3.8, 4) is 0 Å². The van der Waals surface area contributed by atoms with Crippen LogP contribution in [0.5, 0.6) is 0 Å². The van der Waals surface area contributed by atoms with E-state index >= 15 is 0 Å². The van der Waals surface area contributed by atoms with Gasteiger partial charge in [0.1, 0.15) is 19.1 Å². The number of cyclic esters (lactones) is 1. The van der Waals surface area contributed by atoms with Gasteiger partial charge in [-0.05, 0) is 67.8 Å². The minimum atomic E-state index is -0.375. The first kappa shape index (κ1) is 21.8. The molecular formula is C22H29N7O4. The third-order valence-electron chi connectivity index (χ3n) is 7.45. The van der Waals surface area contributed by atoms with E-state index in [1.165, 1.54) is 0 Å². The van der Waals surface area contributed by atoms with Gasteiger partial charge in [-0.3, -0.25) is 9.69 Å². The predicted molar refractivity (Wildman–Crippen MR) is 116 cm³/mol. The molecule has 5 rings (SSSR count). The largest absolute Gasteiger partial charge is 0.456 e. The van der Waals surface area contributed by atoms with Gasteiger partial charge in [-0.25, -0.2) is 9.48 Å². The second kappa shape index (κ2) is 8.71. The summed E-state index contributed by atoms with van der Waals surface area (Å²) in [5.74, 6) is -0.213. The molecule has 11 heteroatoms. The lowest BCUT2D eigenvalue weighted by Crippen LogP contribution is -2.49. The summed E-state index contributed by atoms with van der Waals surface area (Å²) in [6, 6.07) is -0.0111. The third-order valence-corrected chi connectivity index (χ3v) is 7.45. The Hall–Kier alpha value is -3.05. The lowest BCUT2D eigenvalue weighted by Gasteiger charge is -2.41. The van der Waals surface area contributed by atoms with Crippen LogP contribution in [0.25, 0.3) is 0 Å². The maximum absolute atomic E-state index is 13.3. The number of tetrazole rings is 1. The standard InChI is InChI=1S/C22H29N7O4/c1-15-18(13-33-20(15)31)28-9-6-22(21(28)32)4-7-27(8-5-22)17(12-30)10-16-2-3-19(23-11-16)29-14-24-25-26-29/h2-3,11,14,17,19,23,30H,4-10,12-13H2,1H3. The van der Waals surface area contributed by atoms with Crippen LogP contribution < -0.4 is 5.32 Å². The van der Waals surface area contributed by atoms with Gasteiger partial charge in [0.2, 0.25) is 5.91 Å². The molecule has 2 atom stereocenters. The highest BCUT2D eigenvalue weighted by Gasteiger charge is 2.50. The van der Waals surface area contributed by atoms with Gasteiger partial charge in [0.15, 0.2) is 0 Å². The zero-order valence-electron chi connectivity index (χ0n) is 18.7. The van der Waals surface area contributed by atoms with E-state index in [9.17, 15) is 14.7 Å². The molecular weight excluding hydrogens is 426 g/mol. The molecule has 0 bridgehead atoms. The third kappa shape index (κ3) is 3.95. The van der Waals surface area contributed by atoms with Crippen molar-refractivity contribution in [2.45, 2.75) is 44.8 Å². The number of nitrogens with zero attached hydrogens (tertiary/aromatic N) is 6. The number of allylic oxidation sites excluding steroid dienone is 1. The fraction of sp³-hybridized carbons (Fsp3) is 0.591. The number of piperidine rings is 1. The summed E-state index contributed by atoms with van der Waals surface area (Å²) in [5.41, 5.74) is 1.99. The summed E-state index contributed by atoms with van der Waals surface area (Å²) in [7, 11) is 0. The van der Waals surface area contributed by atoms with Crippen molar-refractivity contribution in [3.05, 3.63) is 41.5 Å². The Morgan fingerprint density at radius 2 is 2.06 bits per heavy atom. The van der Waals surface area contributed by atoms with E-state index < -0.39 is 0 Å². The predicted octanol–water partition coefficient (Wildman–Crippen LogP) is 0.111. The number of esters is 1. The van der Waals surface area contributed by atoms with Crippen molar-refractivity contribution in [3.63, 3.8) is 0 Å². The number of hydrogen-bond acceptors (Lipinski definition) is 9. The van der Waals surface area contributed by atoms with Gasteiger partial charge in [0.05, 0.1) is 23.3 Å². The van der Waals surface area contributed by atoms with Crippen LogP contribution in [0.15, 0.2) is 41.5 Å². The number of hydrogen-bond donors (Lipinski definition) is 2. The number of carbonyl (C=O) groups is 2. The first-order valence-electron chi connectivity index (χ1n) is 11.4. The Balaban J connectivity index is 1.18. The highest BCUT2D eigenvalue weighted by molar-refractivity contribution is 5.94. The number of aliphatic hydroxyl groups excluding tert-OH is 1. The van der Waals surface area contributed by atoms with Crippen LogP contribution in [-0.2, 0) is 14.3 Å². The molecule has 5 heterocycles. The molecule has 2 fully saturated rings. The second-order valence-electron chi connectivity index (χ2n) is 9.19. The van der Waals surface area contributed by atoms with Crippen molar-refractivity contribution in [1.82, 2.24) is 35.3 Å². The van der Waals surface area contributed by atoms with Crippen molar-refractivity contribution in [2.75, 3.05) is 32.8 Å². The van der Waals surface area contributed by atoms with Crippen molar-refractivity contribution in [2.24, 2.45) is 5.41 Å². The number of rotatable bonds is 6. The molecule has 11 nitrogen and oxygen atoms in total. The molecule has 2 N–H and O–H groups in total. The number of aliphatic hydroxyl groups is 1. The Kier molecular flexibility index (Phi) is 5.75. The van der Waals surface area contributed by atoms with Crippen LogP contribution >= 0.6 is 0 Å². The average Bonchev–Trinajstić information content (AvgIpc) is 3.56. The summed E-state index contributed by atoms with van der Waals surface area (Å²) in [6.07, 6.45) is 10.4. The lowest BCUT2D eigenvalue weighted by molar-refractivity contribution is -0.139. The maximum Gasteiger partial charge on any atom is 0.336 e. The fourth-order valence-electron chi connectivity index (χ4n) is 5.29. The van der Waals surface area contributed by atoms with E-state index in [-0.39, 0.29) is 42.7 Å². The van der Waals surface area contributed by atoms with Crippen molar-refractivity contribution >= 4 is 11.9 Å². The number of amides is 1. The van der Waals surface area contributed by atoms with E-state index in [4.69, 9.17) is 4.74 Å². The molecule has 4 aliphatic rings. The van der Waals surface area contributed by atoms with Gasteiger partial charge in [0.25, 0.3) is 0 Å². The van der Waals surface area contributed by atoms with Crippen molar-refractivity contribution in [1.29, 1.82) is 0 Å². The Bertz CT molecular complexity index is 1010. The molecule has 1 aromatic rings. The molecule has 2 unspecified atom stereocenters. The molecule has 0 saturated carbocycles. The van der Waals surface area contributed by atoms with E-state index in [0.717, 1.165) is 43.6 Å². The molecule has 0 radical (unpaired) electrons. The van der Waals surface area contributed by atoms with Crippen molar-refractivity contribution < 1.29 is 19.4 Å². The summed E-state index contributed by atoms with van der Waals surface area (Å²) in [4.78, 5) is 29.1. The number of likely N-dealkylation sites (tertiary alicyclic amines) is 2. The highest BCUT2D eigenvalue weighted by atomic mass is 16.5. The number of dihydropyridines is 1. The Morgan fingerprint density at radius 1 is 1.27 bits per heavy atom. The van der Waals surface area contributed by atoms with E-state index in [1.807, 2.05) is 18.4 Å². The van der Waals surface area contributed by atoms with Gasteiger partial charge in [-0.1, -0.05) is 6.08 Å². The Labute approximate surface area is 191 Å². The number of nitrogens with one attached hydrogen (secondary N) is 1. The van der Waals surface area contributed by atoms with E-state index in [0.29, 0.717) is 18.5 Å². The molecule has 1 spiro atoms. The maximum atomic E-state index is 13.3. The normalized spacial score (nSPS) is 26.1. The summed E-state index contributed by atoms with van der Waals surface area (Å²) in [6.45, 7) is 4.13. The molecule has 1 aromatic heterocycles. The monoisotopic (exact) mass is 455 g/mol. The smallest absolute Gasteiger partial charge is 0.336 e. The van der Waals surface area contributed by atoms with Crippen LogP contribution in [0.3, 0.4) is 0 Å². The topological polar surface area (TPSA) is 126 Å². The Morgan fingerprint density at radius 3 is 2.67 bits per heavy atom. The zero-order valence-corrected chi connectivity index (χ0v) is 18.7. The van der Waals surface area contributed by atoms with Gasteiger partial charge >= 0.3 is 5.97 Å². The fourth-order valence-corrected chi connectivity index (χ4v) is 5.29. The molecule has 176 valence electrons. The van der Waals surface area contributed by atoms with Gasteiger partial charge in [-0.2, -0.15) is 0 Å². The molecule has 33 heavy (non-hydrogen) atoms. The summed E-state index contributed by atoms with van der Waals surface area (Å²) in [5, 5.41) is 24.6. The second-order valence-corrected chi connectivity index (χ2v) is 9.19. The first-order chi connectivity index (χ1) is 16.0. The van der Waals surface area contributed by atoms with Crippen LogP contribution in [-0.4, -0.2) is 85.9 Å². The molecule has 4 aliphatic heterocycles. The first-order valence-corrected chi connectivity index (χ1v) is 11.4. The summed E-state index contributed by atoms with van der Waals surface area (Å²) < 4.78 is 6.74. The minimum Gasteiger partial charge on any atom is -0.456 e. The van der Waals surface area contributed by atoms with Crippen LogP contribution in [0.2, 0.25) is 0 Å². The quantitative estimate of drug-likeness (QED) is 0.575. The van der Waals surface area contributed by atoms with Crippen LogP contribution in [0, 0.1) is 5.41 Å². The highest BCUT2D eigenvalue weighted by Crippen LogP contribution is 2.44. The van der Waals surface area contributed by atoms with E-state index in [1.54, 1.807) is 22.8 Å². The lowest BCUT2D eigenvalue weighted by atomic mass is 9.76. The number of aromatic nitrogens is 4. The molecule has 0 aromatic carbocycles. The average molecular weight is 456 g/mol. The van der Waals surface area contributed by atoms with E-state index in [2.05, 4.69) is 25.7 Å². The zero-order chi connectivity index (χ0) is 23.0. The molecule has 0 aliphatic carbocycles. The summed E-state index contributed by atoms with van der Waals surface area (Å²) >= 11 is 0. The number of ether oxygens (including phenoxy) is 1. The minimum absolute atomic E-state index is 0.0111. The van der Waals surface area contributed by atoms with Gasteiger partial charge in [-0.15, -0.1) is 5.10 Å². The SMILES string of the molecule is CC1=C(N2CCC3(CCN(C(CO)CC4=CNC(n5cnnn5)C=C4)CC3)C2=O)COC1=O. The molecule has 2 saturated heterocycles. The molecule has 1 amide bonds. The number of carbonyl (C=O) groups excluding carboxylic acids is 2. The van der Waals surface area contributed by atoms with Gasteiger partial charge < -0.3 is 20.1 Å². The van der Waals surface area contributed by atoms with Gasteiger partial charge in [0, 0.05) is 18.8 Å². The van der Waals surface area contributed by atoms with Crippen LogP contribution in [0.1, 0.15) is 38.8 Å². The van der Waals surface area contributed by atoms with Crippen LogP contribution in [0.4, 0.5) is 0 Å².